The molecule has 3 aromatic rings. The summed E-state index contributed by atoms with van der Waals surface area (Å²) in [5, 5.41) is 14.2. The second-order valence-corrected chi connectivity index (χ2v) is 8.55. The highest BCUT2D eigenvalue weighted by atomic mass is 19.4. The summed E-state index contributed by atoms with van der Waals surface area (Å²) in [6.45, 7) is 2.20. The Bertz CT molecular complexity index is 1380. The lowest BCUT2D eigenvalue weighted by Gasteiger charge is -2.35. The quantitative estimate of drug-likeness (QED) is 0.498. The third-order valence-corrected chi connectivity index (χ3v) is 6.08. The van der Waals surface area contributed by atoms with E-state index in [9.17, 15) is 22.8 Å². The van der Waals surface area contributed by atoms with Gasteiger partial charge >= 0.3 is 6.18 Å². The number of anilines is 2. The zero-order valence-electron chi connectivity index (χ0n) is 20.4. The molecule has 1 aliphatic heterocycles. The lowest BCUT2D eigenvalue weighted by Crippen LogP contribution is -2.49. The van der Waals surface area contributed by atoms with Crippen molar-refractivity contribution < 1.29 is 22.7 Å². The number of piperazine rings is 1. The van der Waals surface area contributed by atoms with Crippen molar-refractivity contribution in [1.82, 2.24) is 20.1 Å². The lowest BCUT2D eigenvalue weighted by molar-refractivity contribution is -0.138. The number of carbonyl (C=O) groups is 1. The smallest absolute Gasteiger partial charge is 0.423 e. The van der Waals surface area contributed by atoms with Crippen LogP contribution in [0.3, 0.4) is 0 Å². The van der Waals surface area contributed by atoms with E-state index in [1.165, 1.54) is 18.1 Å². The number of carbonyl (C=O) groups excluding carboxylic acids is 1. The summed E-state index contributed by atoms with van der Waals surface area (Å²) in [5.41, 5.74) is -2.08. The highest BCUT2D eigenvalue weighted by Gasteiger charge is 2.38. The number of rotatable bonds is 7. The molecule has 1 aliphatic rings. The molecule has 2 aromatic heterocycles. The van der Waals surface area contributed by atoms with Crippen LogP contribution in [0.25, 0.3) is 0 Å². The van der Waals surface area contributed by atoms with Crippen molar-refractivity contribution in [3.05, 3.63) is 75.8 Å². The van der Waals surface area contributed by atoms with Crippen LogP contribution in [0.1, 0.15) is 21.5 Å². The molecule has 0 radical (unpaired) electrons. The van der Waals surface area contributed by atoms with E-state index in [0.717, 1.165) is 12.0 Å². The summed E-state index contributed by atoms with van der Waals surface area (Å²) in [5.74, 6) is 0.976. The third kappa shape index (κ3) is 6.03. The van der Waals surface area contributed by atoms with E-state index < -0.39 is 17.3 Å². The minimum Gasteiger partial charge on any atom is -0.492 e. The van der Waals surface area contributed by atoms with Crippen molar-refractivity contribution in [2.45, 2.75) is 6.18 Å². The zero-order chi connectivity index (χ0) is 27.3. The number of amides is 1. The van der Waals surface area contributed by atoms with Gasteiger partial charge < -0.3 is 19.4 Å². The molecule has 0 bridgehead atoms. The molecule has 38 heavy (non-hydrogen) atoms. The van der Waals surface area contributed by atoms with Gasteiger partial charge in [-0.1, -0.05) is 6.07 Å². The predicted octanol–water partition coefficient (Wildman–Crippen LogP) is 2.53. The van der Waals surface area contributed by atoms with Gasteiger partial charge in [0.2, 0.25) is 0 Å². The van der Waals surface area contributed by atoms with E-state index in [4.69, 9.17) is 10.00 Å². The van der Waals surface area contributed by atoms with Crippen LogP contribution < -0.4 is 20.1 Å². The van der Waals surface area contributed by atoms with Crippen LogP contribution in [0.15, 0.2) is 53.6 Å². The summed E-state index contributed by atoms with van der Waals surface area (Å²) in [6.07, 6.45) is -2.37. The molecule has 0 unspecified atom stereocenters. The maximum absolute atomic E-state index is 13.3. The minimum absolute atomic E-state index is 0.00844. The molecule has 0 aliphatic carbocycles. The number of alkyl halides is 3. The van der Waals surface area contributed by atoms with Gasteiger partial charge in [-0.2, -0.15) is 23.5 Å². The van der Waals surface area contributed by atoms with Gasteiger partial charge in [0.15, 0.2) is 0 Å². The first-order valence-electron chi connectivity index (χ1n) is 11.7. The van der Waals surface area contributed by atoms with Crippen LogP contribution in [-0.4, -0.2) is 72.4 Å². The Balaban J connectivity index is 1.33. The molecule has 13 heteroatoms. The van der Waals surface area contributed by atoms with Crippen LogP contribution >= 0.6 is 0 Å². The fourth-order valence-electron chi connectivity index (χ4n) is 4.05. The van der Waals surface area contributed by atoms with Crippen molar-refractivity contribution in [1.29, 1.82) is 5.26 Å². The first kappa shape index (κ1) is 26.5. The third-order valence-electron chi connectivity index (χ3n) is 6.08. The molecule has 1 fully saturated rings. The number of nitrogens with zero attached hydrogens (tertiary/aromatic N) is 6. The molecule has 0 atom stereocenters. The van der Waals surface area contributed by atoms with Gasteiger partial charge in [-0.25, -0.2) is 10.1 Å². The first-order chi connectivity index (χ1) is 18.2. The number of aromatic amines is 1. The number of pyridine rings is 1. The van der Waals surface area contributed by atoms with E-state index in [2.05, 4.69) is 10.1 Å². The van der Waals surface area contributed by atoms with Crippen LogP contribution in [0.4, 0.5) is 24.7 Å². The molecule has 0 saturated carbocycles. The molecule has 4 rings (SSSR count). The molecule has 1 aromatic carbocycles. The molecule has 0 spiro atoms. The summed E-state index contributed by atoms with van der Waals surface area (Å²) in [7, 11) is 1.40. The average molecular weight is 528 g/mol. The highest BCUT2D eigenvalue weighted by molar-refractivity contribution is 5.94. The fourth-order valence-corrected chi connectivity index (χ4v) is 4.05. The maximum atomic E-state index is 13.3. The molecule has 1 amide bonds. The maximum Gasteiger partial charge on any atom is 0.423 e. The number of likely N-dealkylation sites (N-methyl/N-ethyl adjacent to an activating group) is 1. The molecule has 10 nitrogen and oxygen atoms in total. The Kier molecular flexibility index (Phi) is 7.80. The second kappa shape index (κ2) is 11.2. The summed E-state index contributed by atoms with van der Waals surface area (Å²) in [4.78, 5) is 34.0. The average Bonchev–Trinajstić information content (AvgIpc) is 2.92. The minimum atomic E-state index is -4.83. The largest absolute Gasteiger partial charge is 0.492 e. The first-order valence-corrected chi connectivity index (χ1v) is 11.7. The number of halogens is 3. The number of nitriles is 1. The van der Waals surface area contributed by atoms with E-state index in [1.54, 1.807) is 46.4 Å². The van der Waals surface area contributed by atoms with Crippen LogP contribution in [-0.2, 0) is 6.18 Å². The van der Waals surface area contributed by atoms with Gasteiger partial charge in [-0.15, -0.1) is 0 Å². The predicted molar refractivity (Wildman–Crippen MR) is 132 cm³/mol. The Morgan fingerprint density at radius 2 is 1.95 bits per heavy atom. The summed E-state index contributed by atoms with van der Waals surface area (Å²) < 4.78 is 45.6. The van der Waals surface area contributed by atoms with Gasteiger partial charge in [0.1, 0.15) is 29.8 Å². The molecule has 3 heterocycles. The molecular weight excluding hydrogens is 503 g/mol. The molecule has 198 valence electrons. The van der Waals surface area contributed by atoms with Gasteiger partial charge in [0.05, 0.1) is 24.0 Å². The number of ether oxygens (including phenoxy) is 1. The SMILES string of the molecule is CN(CCOc1cccc(C(=O)N2CCN(c3ccc(C#N)cn3)CC2)c1)c1cn[nH]c(=O)c1C(F)(F)F. The van der Waals surface area contributed by atoms with Crippen molar-refractivity contribution >= 4 is 17.4 Å². The monoisotopic (exact) mass is 527 g/mol. The van der Waals surface area contributed by atoms with E-state index in [0.29, 0.717) is 43.1 Å². The standard InChI is InChI=1S/C25H24F3N7O3/c1-33(20-16-31-32-23(36)22(20)25(26,27)28)11-12-38-19-4-2-3-18(13-19)24(37)35-9-7-34(8-10-35)21-6-5-17(14-29)15-30-21/h2-6,13,15-16H,7-12H2,1H3,(H,32,36). The van der Waals surface area contributed by atoms with Gasteiger partial charge in [0.25, 0.3) is 11.5 Å². The summed E-state index contributed by atoms with van der Waals surface area (Å²) >= 11 is 0. The number of aromatic nitrogens is 3. The van der Waals surface area contributed by atoms with E-state index in [1.807, 2.05) is 11.0 Å². The number of hydrogen-bond acceptors (Lipinski definition) is 8. The normalized spacial score (nSPS) is 13.7. The molecule has 1 N–H and O–H groups in total. The Labute approximate surface area is 215 Å². The molecular formula is C25H24F3N7O3. The molecule has 1 saturated heterocycles. The van der Waals surface area contributed by atoms with Gasteiger partial charge in [-0.05, 0) is 30.3 Å². The van der Waals surface area contributed by atoms with E-state index >= 15 is 0 Å². The Hall–Kier alpha value is -4.60. The zero-order valence-corrected chi connectivity index (χ0v) is 20.4. The Morgan fingerprint density at radius 1 is 1.18 bits per heavy atom. The van der Waals surface area contributed by atoms with E-state index in [-0.39, 0.29) is 24.7 Å². The van der Waals surface area contributed by atoms with Crippen LogP contribution in [0, 0.1) is 11.3 Å². The van der Waals surface area contributed by atoms with Crippen molar-refractivity contribution in [3.8, 4) is 11.8 Å². The van der Waals surface area contributed by atoms with Crippen molar-refractivity contribution in [2.24, 2.45) is 0 Å². The number of hydrogen-bond donors (Lipinski definition) is 1. The highest BCUT2D eigenvalue weighted by Crippen LogP contribution is 2.32. The number of H-pyrrole nitrogens is 1. The number of benzene rings is 1. The number of nitrogens with one attached hydrogen (secondary N) is 1. The van der Waals surface area contributed by atoms with Gasteiger partial charge in [-0.3, -0.25) is 9.59 Å². The Morgan fingerprint density at radius 3 is 2.61 bits per heavy atom. The van der Waals surface area contributed by atoms with Crippen molar-refractivity contribution in [3.63, 3.8) is 0 Å². The second-order valence-electron chi connectivity index (χ2n) is 8.55. The van der Waals surface area contributed by atoms with Crippen LogP contribution in [0.5, 0.6) is 5.75 Å². The van der Waals surface area contributed by atoms with Crippen LogP contribution in [0.2, 0.25) is 0 Å². The lowest BCUT2D eigenvalue weighted by atomic mass is 10.1. The van der Waals surface area contributed by atoms with Crippen molar-refractivity contribution in [2.75, 3.05) is 56.2 Å². The topological polar surface area (TPSA) is 118 Å². The van der Waals surface area contributed by atoms with Gasteiger partial charge in [0, 0.05) is 45.0 Å². The summed E-state index contributed by atoms with van der Waals surface area (Å²) in [6, 6.07) is 12.1. The fraction of sp³-hybridized carbons (Fsp3) is 0.320.